The zero-order valence-corrected chi connectivity index (χ0v) is 16.2. The molecule has 3 amide bonds. The normalized spacial score (nSPS) is 13.9. The third-order valence-electron chi connectivity index (χ3n) is 5.02. The van der Waals surface area contributed by atoms with Crippen molar-refractivity contribution in [2.75, 3.05) is 26.2 Å². The summed E-state index contributed by atoms with van der Waals surface area (Å²) in [6.07, 6.45) is 3.09. The van der Waals surface area contributed by atoms with Gasteiger partial charge in [0.05, 0.1) is 11.3 Å². The third kappa shape index (κ3) is 4.29. The van der Waals surface area contributed by atoms with Crippen LogP contribution in [-0.4, -0.2) is 62.7 Å². The van der Waals surface area contributed by atoms with Crippen molar-refractivity contribution in [2.24, 2.45) is 0 Å². The predicted molar refractivity (Wildman–Crippen MR) is 107 cm³/mol. The number of halogens is 1. The quantitative estimate of drug-likeness (QED) is 0.717. The van der Waals surface area contributed by atoms with Gasteiger partial charge >= 0.3 is 6.03 Å². The standard InChI is InChI=1S/C21H21FN6O2/c22-19-4-2-1-3-18(19)20(29)26-9-11-27(12-10-26)21(30)24-13-16-5-7-17(8-6-16)28-15-23-14-25-28/h1-8,14-15H,9-13H2,(H,24,30). The fraction of sp³-hybridized carbons (Fsp3) is 0.238. The van der Waals surface area contributed by atoms with E-state index in [1.807, 2.05) is 24.3 Å². The number of amides is 3. The Morgan fingerprint density at radius 1 is 0.967 bits per heavy atom. The van der Waals surface area contributed by atoms with E-state index in [9.17, 15) is 14.0 Å². The maximum Gasteiger partial charge on any atom is 0.317 e. The van der Waals surface area contributed by atoms with Gasteiger partial charge in [0.15, 0.2) is 0 Å². The van der Waals surface area contributed by atoms with Crippen LogP contribution in [0.25, 0.3) is 5.69 Å². The maximum absolute atomic E-state index is 13.8. The van der Waals surface area contributed by atoms with Crippen molar-refractivity contribution in [3.8, 4) is 5.69 Å². The first-order valence-corrected chi connectivity index (χ1v) is 9.62. The Balaban J connectivity index is 1.26. The van der Waals surface area contributed by atoms with Crippen LogP contribution < -0.4 is 5.32 Å². The van der Waals surface area contributed by atoms with Crippen molar-refractivity contribution in [3.05, 3.63) is 78.1 Å². The number of hydrogen-bond donors (Lipinski definition) is 1. The molecule has 0 radical (unpaired) electrons. The minimum absolute atomic E-state index is 0.0599. The molecule has 154 valence electrons. The van der Waals surface area contributed by atoms with Crippen LogP contribution in [0.1, 0.15) is 15.9 Å². The van der Waals surface area contributed by atoms with Gasteiger partial charge in [-0.3, -0.25) is 4.79 Å². The van der Waals surface area contributed by atoms with Crippen LogP contribution in [0.3, 0.4) is 0 Å². The zero-order chi connectivity index (χ0) is 20.9. The maximum atomic E-state index is 13.8. The summed E-state index contributed by atoms with van der Waals surface area (Å²) in [5, 5.41) is 6.97. The van der Waals surface area contributed by atoms with Crippen molar-refractivity contribution in [1.29, 1.82) is 0 Å². The number of rotatable bonds is 4. The molecule has 2 heterocycles. The van der Waals surface area contributed by atoms with Crippen LogP contribution in [0, 0.1) is 5.82 Å². The van der Waals surface area contributed by atoms with Gasteiger partial charge in [0, 0.05) is 32.7 Å². The molecule has 1 aromatic heterocycles. The van der Waals surface area contributed by atoms with Crippen LogP contribution in [-0.2, 0) is 6.54 Å². The van der Waals surface area contributed by atoms with Gasteiger partial charge in [-0.05, 0) is 29.8 Å². The Morgan fingerprint density at radius 3 is 2.33 bits per heavy atom. The molecule has 30 heavy (non-hydrogen) atoms. The zero-order valence-electron chi connectivity index (χ0n) is 16.2. The van der Waals surface area contributed by atoms with Gasteiger partial charge in [0.1, 0.15) is 18.5 Å². The monoisotopic (exact) mass is 408 g/mol. The summed E-state index contributed by atoms with van der Waals surface area (Å²) < 4.78 is 15.5. The number of aromatic nitrogens is 3. The first-order valence-electron chi connectivity index (χ1n) is 9.62. The molecule has 2 aromatic carbocycles. The summed E-state index contributed by atoms with van der Waals surface area (Å²) in [7, 11) is 0. The van der Waals surface area contributed by atoms with E-state index >= 15 is 0 Å². The highest BCUT2D eigenvalue weighted by atomic mass is 19.1. The molecular weight excluding hydrogens is 387 g/mol. The molecule has 1 aliphatic heterocycles. The minimum Gasteiger partial charge on any atom is -0.335 e. The fourth-order valence-electron chi connectivity index (χ4n) is 3.32. The topological polar surface area (TPSA) is 83.4 Å². The molecule has 8 nitrogen and oxygen atoms in total. The average molecular weight is 408 g/mol. The van der Waals surface area contributed by atoms with Gasteiger partial charge in [0.25, 0.3) is 5.91 Å². The van der Waals surface area contributed by atoms with Crippen LogP contribution in [0.15, 0.2) is 61.2 Å². The van der Waals surface area contributed by atoms with Crippen molar-refractivity contribution < 1.29 is 14.0 Å². The number of piperazine rings is 1. The number of nitrogens with one attached hydrogen (secondary N) is 1. The molecule has 4 rings (SSSR count). The van der Waals surface area contributed by atoms with Crippen molar-refractivity contribution in [3.63, 3.8) is 0 Å². The minimum atomic E-state index is -0.530. The van der Waals surface area contributed by atoms with Crippen LogP contribution in [0.2, 0.25) is 0 Å². The molecule has 0 unspecified atom stereocenters. The van der Waals surface area contributed by atoms with Gasteiger partial charge in [0.2, 0.25) is 0 Å². The van der Waals surface area contributed by atoms with Crippen LogP contribution >= 0.6 is 0 Å². The molecule has 1 saturated heterocycles. The second kappa shape index (κ2) is 8.73. The Hall–Kier alpha value is -3.75. The van der Waals surface area contributed by atoms with Crippen molar-refractivity contribution >= 4 is 11.9 Å². The highest BCUT2D eigenvalue weighted by Crippen LogP contribution is 2.13. The van der Waals surface area contributed by atoms with Crippen LogP contribution in [0.5, 0.6) is 0 Å². The largest absolute Gasteiger partial charge is 0.335 e. The third-order valence-corrected chi connectivity index (χ3v) is 5.02. The lowest BCUT2D eigenvalue weighted by Gasteiger charge is -2.34. The van der Waals surface area contributed by atoms with Crippen molar-refractivity contribution in [2.45, 2.75) is 6.54 Å². The fourth-order valence-corrected chi connectivity index (χ4v) is 3.32. The number of carbonyl (C=O) groups is 2. The molecule has 0 saturated carbocycles. The molecule has 1 fully saturated rings. The van der Waals surface area contributed by atoms with Gasteiger partial charge in [-0.15, -0.1) is 0 Å². The number of urea groups is 1. The Morgan fingerprint density at radius 2 is 1.67 bits per heavy atom. The first kappa shape index (κ1) is 19.6. The highest BCUT2D eigenvalue weighted by Gasteiger charge is 2.26. The average Bonchev–Trinajstić information content (AvgIpc) is 3.33. The molecule has 0 spiro atoms. The molecule has 0 atom stereocenters. The lowest BCUT2D eigenvalue weighted by Crippen LogP contribution is -2.53. The summed E-state index contributed by atoms with van der Waals surface area (Å²) in [4.78, 5) is 32.1. The summed E-state index contributed by atoms with van der Waals surface area (Å²) in [6.45, 7) is 1.93. The van der Waals surface area contributed by atoms with Gasteiger partial charge < -0.3 is 15.1 Å². The number of hydrogen-bond acceptors (Lipinski definition) is 4. The Labute approximate surface area is 172 Å². The summed E-state index contributed by atoms with van der Waals surface area (Å²) in [5.41, 5.74) is 1.91. The number of benzene rings is 2. The number of carbonyl (C=O) groups excluding carboxylic acids is 2. The molecule has 0 bridgehead atoms. The van der Waals surface area contributed by atoms with E-state index < -0.39 is 5.82 Å². The van der Waals surface area contributed by atoms with Gasteiger partial charge in [-0.2, -0.15) is 5.10 Å². The smallest absolute Gasteiger partial charge is 0.317 e. The second-order valence-corrected chi connectivity index (χ2v) is 6.92. The van der Waals surface area contributed by atoms with Crippen LogP contribution in [0.4, 0.5) is 9.18 Å². The number of nitrogens with zero attached hydrogens (tertiary/aromatic N) is 5. The lowest BCUT2D eigenvalue weighted by atomic mass is 10.1. The molecule has 9 heteroatoms. The van der Waals surface area contributed by atoms with E-state index in [0.717, 1.165) is 11.3 Å². The van der Waals surface area contributed by atoms with E-state index in [-0.39, 0.29) is 17.5 Å². The molecule has 1 aliphatic rings. The SMILES string of the molecule is O=C(NCc1ccc(-n2cncn2)cc1)N1CCN(C(=O)c2ccccc2F)CC1. The van der Waals surface area contributed by atoms with E-state index in [2.05, 4.69) is 15.4 Å². The van der Waals surface area contributed by atoms with Gasteiger partial charge in [-0.1, -0.05) is 24.3 Å². The van der Waals surface area contributed by atoms with E-state index in [1.54, 1.807) is 32.9 Å². The first-order chi connectivity index (χ1) is 14.6. The lowest BCUT2D eigenvalue weighted by molar-refractivity contribution is 0.0660. The molecular formula is C21H21FN6O2. The summed E-state index contributed by atoms with van der Waals surface area (Å²) in [6, 6.07) is 13.4. The Kier molecular flexibility index (Phi) is 5.69. The second-order valence-electron chi connectivity index (χ2n) is 6.92. The van der Waals surface area contributed by atoms with E-state index in [4.69, 9.17) is 0 Å². The predicted octanol–water partition coefficient (Wildman–Crippen LogP) is 2.07. The molecule has 3 aromatic rings. The molecule has 0 aliphatic carbocycles. The Bertz CT molecular complexity index is 1010. The van der Waals surface area contributed by atoms with E-state index in [1.165, 1.54) is 18.5 Å². The van der Waals surface area contributed by atoms with Gasteiger partial charge in [-0.25, -0.2) is 18.9 Å². The van der Waals surface area contributed by atoms with E-state index in [0.29, 0.717) is 32.7 Å². The summed E-state index contributed by atoms with van der Waals surface area (Å²) >= 11 is 0. The molecule has 1 N–H and O–H groups in total. The highest BCUT2D eigenvalue weighted by molar-refractivity contribution is 5.94. The van der Waals surface area contributed by atoms with Crippen molar-refractivity contribution in [1.82, 2.24) is 29.9 Å². The summed E-state index contributed by atoms with van der Waals surface area (Å²) in [5.74, 6) is -0.877.